The van der Waals surface area contributed by atoms with Gasteiger partial charge in [0.25, 0.3) is 0 Å². The van der Waals surface area contributed by atoms with E-state index in [-0.39, 0.29) is 5.97 Å². The van der Waals surface area contributed by atoms with Gasteiger partial charge in [0.2, 0.25) is 0 Å². The summed E-state index contributed by atoms with van der Waals surface area (Å²) in [7, 11) is 1.36. The van der Waals surface area contributed by atoms with E-state index in [9.17, 15) is 4.79 Å². The van der Waals surface area contributed by atoms with Gasteiger partial charge in [0.1, 0.15) is 0 Å². The van der Waals surface area contributed by atoms with Crippen LogP contribution in [-0.2, 0) is 4.74 Å². The van der Waals surface area contributed by atoms with E-state index in [2.05, 4.69) is 9.72 Å². The first-order valence-corrected chi connectivity index (χ1v) is 5.33. The monoisotopic (exact) mass is 227 g/mol. The van der Waals surface area contributed by atoms with Crippen molar-refractivity contribution in [2.75, 3.05) is 7.11 Å². The van der Waals surface area contributed by atoms with Crippen molar-refractivity contribution in [2.24, 2.45) is 0 Å². The molecule has 17 heavy (non-hydrogen) atoms. The van der Waals surface area contributed by atoms with Crippen molar-refractivity contribution in [2.45, 2.75) is 6.92 Å². The van der Waals surface area contributed by atoms with Crippen molar-refractivity contribution >= 4 is 5.97 Å². The van der Waals surface area contributed by atoms with Crippen LogP contribution in [0.25, 0.3) is 11.3 Å². The lowest BCUT2D eigenvalue weighted by atomic mass is 10.1. The molecule has 0 aliphatic rings. The molecule has 1 aromatic carbocycles. The molecule has 2 aromatic rings. The Morgan fingerprint density at radius 2 is 1.94 bits per heavy atom. The smallest absolute Gasteiger partial charge is 0.339 e. The Labute approximate surface area is 100 Å². The molecule has 0 atom stereocenters. The Balaban J connectivity index is 2.36. The zero-order valence-electron chi connectivity index (χ0n) is 9.81. The van der Waals surface area contributed by atoms with Gasteiger partial charge < -0.3 is 4.74 Å². The number of ether oxygens (including phenoxy) is 1. The summed E-state index contributed by atoms with van der Waals surface area (Å²) in [5, 5.41) is 0. The maximum absolute atomic E-state index is 11.3. The van der Waals surface area contributed by atoms with Crippen LogP contribution in [0.1, 0.15) is 15.9 Å². The number of methoxy groups -OCH3 is 1. The molecule has 1 aromatic heterocycles. The summed E-state index contributed by atoms with van der Waals surface area (Å²) in [5.74, 6) is -0.367. The molecule has 0 fully saturated rings. The van der Waals surface area contributed by atoms with Crippen LogP contribution in [0.15, 0.2) is 42.6 Å². The molecule has 0 N–H and O–H groups in total. The minimum absolute atomic E-state index is 0.367. The van der Waals surface area contributed by atoms with Gasteiger partial charge >= 0.3 is 5.97 Å². The molecular formula is C14H13NO2. The van der Waals surface area contributed by atoms with Crippen LogP contribution in [0.4, 0.5) is 0 Å². The second-order valence-electron chi connectivity index (χ2n) is 3.74. The Hall–Kier alpha value is -2.16. The van der Waals surface area contributed by atoms with E-state index in [4.69, 9.17) is 0 Å². The fourth-order valence-electron chi connectivity index (χ4n) is 1.65. The predicted molar refractivity (Wildman–Crippen MR) is 65.7 cm³/mol. The highest BCUT2D eigenvalue weighted by atomic mass is 16.5. The number of hydrogen-bond acceptors (Lipinski definition) is 3. The Kier molecular flexibility index (Phi) is 3.19. The molecule has 0 saturated carbocycles. The molecule has 3 heteroatoms. The predicted octanol–water partition coefficient (Wildman–Crippen LogP) is 2.84. The highest BCUT2D eigenvalue weighted by molar-refractivity contribution is 5.89. The van der Waals surface area contributed by atoms with Gasteiger partial charge in [-0.3, -0.25) is 4.98 Å². The van der Waals surface area contributed by atoms with Gasteiger partial charge in [-0.05, 0) is 24.6 Å². The van der Waals surface area contributed by atoms with Crippen LogP contribution in [0.3, 0.4) is 0 Å². The van der Waals surface area contributed by atoms with Gasteiger partial charge in [-0.1, -0.05) is 24.3 Å². The third-order valence-electron chi connectivity index (χ3n) is 2.61. The number of pyridine rings is 1. The molecule has 0 radical (unpaired) electrons. The minimum Gasteiger partial charge on any atom is -0.465 e. The van der Waals surface area contributed by atoms with Gasteiger partial charge in [-0.25, -0.2) is 4.79 Å². The van der Waals surface area contributed by atoms with Gasteiger partial charge in [0.05, 0.1) is 18.4 Å². The summed E-state index contributed by atoms with van der Waals surface area (Å²) < 4.78 is 4.63. The molecule has 0 aliphatic heterocycles. The third-order valence-corrected chi connectivity index (χ3v) is 2.61. The van der Waals surface area contributed by atoms with Crippen LogP contribution < -0.4 is 0 Å². The van der Waals surface area contributed by atoms with Crippen molar-refractivity contribution in [3.8, 4) is 11.3 Å². The highest BCUT2D eigenvalue weighted by Gasteiger charge is 2.07. The van der Waals surface area contributed by atoms with Gasteiger partial charge in [0.15, 0.2) is 0 Å². The van der Waals surface area contributed by atoms with E-state index < -0.39 is 0 Å². The first-order valence-electron chi connectivity index (χ1n) is 5.33. The summed E-state index contributed by atoms with van der Waals surface area (Å²) in [6, 6.07) is 11.6. The number of carbonyl (C=O) groups excluding carboxylic acids is 1. The van der Waals surface area contributed by atoms with E-state index in [1.165, 1.54) is 13.3 Å². The molecule has 0 unspecified atom stereocenters. The van der Waals surface area contributed by atoms with Gasteiger partial charge in [0, 0.05) is 11.8 Å². The molecule has 0 saturated heterocycles. The highest BCUT2D eigenvalue weighted by Crippen LogP contribution is 2.20. The quantitative estimate of drug-likeness (QED) is 0.740. The van der Waals surface area contributed by atoms with Gasteiger partial charge in [-0.15, -0.1) is 0 Å². The van der Waals surface area contributed by atoms with Crippen LogP contribution in [0.2, 0.25) is 0 Å². The topological polar surface area (TPSA) is 39.2 Å². The van der Waals surface area contributed by atoms with Crippen molar-refractivity contribution in [1.82, 2.24) is 4.98 Å². The summed E-state index contributed by atoms with van der Waals surface area (Å²) >= 11 is 0. The summed E-state index contributed by atoms with van der Waals surface area (Å²) in [5.41, 5.74) is 3.55. The zero-order valence-corrected chi connectivity index (χ0v) is 9.81. The number of aryl methyl sites for hydroxylation is 1. The lowest BCUT2D eigenvalue weighted by molar-refractivity contribution is 0.0600. The van der Waals surface area contributed by atoms with E-state index in [0.717, 1.165) is 16.8 Å². The number of esters is 1. The Bertz CT molecular complexity index is 532. The van der Waals surface area contributed by atoms with Crippen LogP contribution in [0.5, 0.6) is 0 Å². The number of rotatable bonds is 2. The molecule has 86 valence electrons. The summed E-state index contributed by atoms with van der Waals surface area (Å²) in [6.07, 6.45) is 1.54. The Morgan fingerprint density at radius 1 is 1.18 bits per heavy atom. The van der Waals surface area contributed by atoms with E-state index >= 15 is 0 Å². The summed E-state index contributed by atoms with van der Waals surface area (Å²) in [4.78, 5) is 15.5. The van der Waals surface area contributed by atoms with E-state index in [0.29, 0.717) is 5.56 Å². The summed E-state index contributed by atoms with van der Waals surface area (Å²) in [6.45, 7) is 2.03. The SMILES string of the molecule is COC(=O)c1ccc(-c2ccccc2C)nc1. The van der Waals surface area contributed by atoms with Crippen LogP contribution in [-0.4, -0.2) is 18.1 Å². The van der Waals surface area contributed by atoms with E-state index in [1.807, 2.05) is 37.3 Å². The van der Waals surface area contributed by atoms with Crippen molar-refractivity contribution in [3.05, 3.63) is 53.7 Å². The number of aromatic nitrogens is 1. The van der Waals surface area contributed by atoms with E-state index in [1.54, 1.807) is 6.07 Å². The fraction of sp³-hybridized carbons (Fsp3) is 0.143. The minimum atomic E-state index is -0.367. The largest absolute Gasteiger partial charge is 0.465 e. The molecular weight excluding hydrogens is 214 g/mol. The Morgan fingerprint density at radius 3 is 2.53 bits per heavy atom. The molecule has 2 rings (SSSR count). The zero-order chi connectivity index (χ0) is 12.3. The number of carbonyl (C=O) groups is 1. The average molecular weight is 227 g/mol. The van der Waals surface area contributed by atoms with Crippen LogP contribution in [0, 0.1) is 6.92 Å². The normalized spacial score (nSPS) is 10.0. The molecule has 0 aliphatic carbocycles. The third kappa shape index (κ3) is 2.33. The number of nitrogens with zero attached hydrogens (tertiary/aromatic N) is 1. The maximum Gasteiger partial charge on any atom is 0.339 e. The van der Waals surface area contributed by atoms with Crippen molar-refractivity contribution in [1.29, 1.82) is 0 Å². The number of benzene rings is 1. The standard InChI is InChI=1S/C14H13NO2/c1-10-5-3-4-6-12(10)13-8-7-11(9-15-13)14(16)17-2/h3-9H,1-2H3. The first kappa shape index (κ1) is 11.3. The number of hydrogen-bond donors (Lipinski definition) is 0. The van der Waals surface area contributed by atoms with Gasteiger partial charge in [-0.2, -0.15) is 0 Å². The van der Waals surface area contributed by atoms with Crippen molar-refractivity contribution < 1.29 is 9.53 Å². The maximum atomic E-state index is 11.3. The molecule has 1 heterocycles. The lowest BCUT2D eigenvalue weighted by Crippen LogP contribution is -2.01. The fourth-order valence-corrected chi connectivity index (χ4v) is 1.65. The average Bonchev–Trinajstić information content (AvgIpc) is 2.39. The first-order chi connectivity index (χ1) is 8.22. The van der Waals surface area contributed by atoms with Crippen LogP contribution >= 0.6 is 0 Å². The molecule has 0 bridgehead atoms. The molecule has 0 spiro atoms. The second-order valence-corrected chi connectivity index (χ2v) is 3.74. The second kappa shape index (κ2) is 4.78. The molecule has 0 amide bonds. The lowest BCUT2D eigenvalue weighted by Gasteiger charge is -2.05. The van der Waals surface area contributed by atoms with Crippen molar-refractivity contribution in [3.63, 3.8) is 0 Å². The molecule has 3 nitrogen and oxygen atoms in total.